The van der Waals surface area contributed by atoms with Gasteiger partial charge in [-0.15, -0.1) is 0 Å². The highest BCUT2D eigenvalue weighted by Gasteiger charge is 2.46. The summed E-state index contributed by atoms with van der Waals surface area (Å²) in [5, 5.41) is 3.07. The minimum atomic E-state index is -0.544. The molecule has 1 amide bonds. The summed E-state index contributed by atoms with van der Waals surface area (Å²) in [7, 11) is 0. The fourth-order valence-corrected chi connectivity index (χ4v) is 2.88. The smallest absolute Gasteiger partial charge is 0.240 e. The minimum absolute atomic E-state index is 0.0449. The van der Waals surface area contributed by atoms with E-state index in [9.17, 15) is 4.79 Å². The minimum Gasteiger partial charge on any atom is -0.353 e. The van der Waals surface area contributed by atoms with Gasteiger partial charge in [0.05, 0.1) is 5.54 Å². The number of rotatable bonds is 5. The van der Waals surface area contributed by atoms with Crippen LogP contribution in [0.4, 0.5) is 0 Å². The number of carbonyl (C=O) groups excluding carboxylic acids is 1. The first-order valence-electron chi connectivity index (χ1n) is 7.73. The third-order valence-electron chi connectivity index (χ3n) is 4.77. The van der Waals surface area contributed by atoms with E-state index in [1.165, 1.54) is 12.8 Å². The van der Waals surface area contributed by atoms with Crippen LogP contribution in [0.1, 0.15) is 46.5 Å². The van der Waals surface area contributed by atoms with Gasteiger partial charge in [0.25, 0.3) is 0 Å². The highest BCUT2D eigenvalue weighted by atomic mass is 16.2. The van der Waals surface area contributed by atoms with Crippen molar-refractivity contribution in [3.8, 4) is 0 Å². The molecule has 2 fully saturated rings. The Kier molecular flexibility index (Phi) is 4.51. The zero-order chi connectivity index (χ0) is 14.0. The molecule has 3 N–H and O–H groups in total. The summed E-state index contributed by atoms with van der Waals surface area (Å²) in [6, 6.07) is 0.443. The molecular formula is C15H29N3O. The van der Waals surface area contributed by atoms with E-state index in [0.29, 0.717) is 12.0 Å². The van der Waals surface area contributed by atoms with E-state index in [1.54, 1.807) is 0 Å². The van der Waals surface area contributed by atoms with Crippen LogP contribution >= 0.6 is 0 Å². The third-order valence-corrected chi connectivity index (χ3v) is 4.77. The summed E-state index contributed by atoms with van der Waals surface area (Å²) in [5.74, 6) is 1.45. The predicted octanol–water partition coefficient (Wildman–Crippen LogP) is 1.35. The quantitative estimate of drug-likeness (QED) is 0.790. The van der Waals surface area contributed by atoms with Gasteiger partial charge in [-0.1, -0.05) is 20.8 Å². The van der Waals surface area contributed by atoms with Crippen LogP contribution in [0.15, 0.2) is 0 Å². The van der Waals surface area contributed by atoms with Gasteiger partial charge in [-0.25, -0.2) is 0 Å². The van der Waals surface area contributed by atoms with Gasteiger partial charge >= 0.3 is 0 Å². The van der Waals surface area contributed by atoms with Crippen molar-refractivity contribution in [1.29, 1.82) is 0 Å². The van der Waals surface area contributed by atoms with Crippen molar-refractivity contribution in [3.63, 3.8) is 0 Å². The zero-order valence-electron chi connectivity index (χ0n) is 12.6. The van der Waals surface area contributed by atoms with Crippen LogP contribution in [-0.2, 0) is 4.79 Å². The van der Waals surface area contributed by atoms with Crippen molar-refractivity contribution in [2.24, 2.45) is 17.6 Å². The zero-order valence-corrected chi connectivity index (χ0v) is 12.6. The van der Waals surface area contributed by atoms with E-state index < -0.39 is 5.54 Å². The van der Waals surface area contributed by atoms with Crippen LogP contribution in [-0.4, -0.2) is 42.0 Å². The summed E-state index contributed by atoms with van der Waals surface area (Å²) in [4.78, 5) is 14.5. The molecule has 110 valence electrons. The lowest BCUT2D eigenvalue weighted by atomic mass is 9.94. The van der Waals surface area contributed by atoms with E-state index in [4.69, 9.17) is 5.73 Å². The van der Waals surface area contributed by atoms with Crippen molar-refractivity contribution < 1.29 is 4.79 Å². The fraction of sp³-hybridized carbons (Fsp3) is 0.933. The number of amides is 1. The molecule has 0 bridgehead atoms. The Balaban J connectivity index is 1.84. The molecule has 1 unspecified atom stereocenters. The molecule has 1 saturated heterocycles. The monoisotopic (exact) mass is 267 g/mol. The van der Waals surface area contributed by atoms with Crippen LogP contribution < -0.4 is 11.1 Å². The summed E-state index contributed by atoms with van der Waals surface area (Å²) < 4.78 is 0. The van der Waals surface area contributed by atoms with Crippen molar-refractivity contribution in [1.82, 2.24) is 10.2 Å². The predicted molar refractivity (Wildman–Crippen MR) is 77.8 cm³/mol. The maximum atomic E-state index is 11.9. The summed E-state index contributed by atoms with van der Waals surface area (Å²) >= 11 is 0. The summed E-state index contributed by atoms with van der Waals surface area (Å²) in [6.45, 7) is 9.87. The van der Waals surface area contributed by atoms with Gasteiger partial charge < -0.3 is 11.1 Å². The Hall–Kier alpha value is -0.610. The van der Waals surface area contributed by atoms with Gasteiger partial charge in [0.2, 0.25) is 5.91 Å². The molecule has 1 aliphatic heterocycles. The second kappa shape index (κ2) is 5.80. The van der Waals surface area contributed by atoms with Crippen LogP contribution in [0, 0.1) is 11.8 Å². The normalized spacial score (nSPS) is 25.3. The third kappa shape index (κ3) is 3.69. The van der Waals surface area contributed by atoms with Crippen molar-refractivity contribution in [2.45, 2.75) is 58.0 Å². The van der Waals surface area contributed by atoms with Gasteiger partial charge in [0.1, 0.15) is 0 Å². The molecule has 1 atom stereocenters. The topological polar surface area (TPSA) is 58.4 Å². The Morgan fingerprint density at radius 1 is 1.37 bits per heavy atom. The number of nitrogens with zero attached hydrogens (tertiary/aromatic N) is 1. The molecule has 19 heavy (non-hydrogen) atoms. The second-order valence-electron chi connectivity index (χ2n) is 6.90. The molecular weight excluding hydrogens is 238 g/mol. The highest BCUT2D eigenvalue weighted by molar-refractivity contribution is 5.88. The van der Waals surface area contributed by atoms with E-state index in [0.717, 1.165) is 38.4 Å². The average Bonchev–Trinajstić information content (AvgIpc) is 3.10. The Morgan fingerprint density at radius 3 is 2.42 bits per heavy atom. The molecule has 0 radical (unpaired) electrons. The number of nitrogens with one attached hydrogen (secondary N) is 1. The number of nitrogens with two attached hydrogens (primary N) is 1. The van der Waals surface area contributed by atoms with Crippen molar-refractivity contribution in [3.05, 3.63) is 0 Å². The van der Waals surface area contributed by atoms with Crippen LogP contribution in [0.2, 0.25) is 0 Å². The fourth-order valence-electron chi connectivity index (χ4n) is 2.88. The molecule has 4 nitrogen and oxygen atoms in total. The first kappa shape index (κ1) is 14.8. The first-order chi connectivity index (χ1) is 8.92. The molecule has 1 aliphatic carbocycles. The van der Waals surface area contributed by atoms with Crippen LogP contribution in [0.25, 0.3) is 0 Å². The Bertz CT molecular complexity index is 317. The average molecular weight is 267 g/mol. The number of likely N-dealkylation sites (tertiary alicyclic amines) is 1. The molecule has 0 spiro atoms. The summed E-state index contributed by atoms with van der Waals surface area (Å²) in [6.07, 6.45) is 4.23. The van der Waals surface area contributed by atoms with Gasteiger partial charge in [0, 0.05) is 12.6 Å². The Labute approximate surface area is 117 Å². The molecule has 1 saturated carbocycles. The molecule has 2 rings (SSSR count). The standard InChI is InChI=1S/C15H29N3O/c1-11(2)13(18-8-4-12(3)5-9-18)10-17-14(19)15(16)6-7-15/h11-13H,4-10,16H2,1-3H3,(H,17,19). The van der Waals surface area contributed by atoms with Crippen LogP contribution in [0.5, 0.6) is 0 Å². The number of hydrogen-bond acceptors (Lipinski definition) is 3. The maximum Gasteiger partial charge on any atom is 0.240 e. The van der Waals surface area contributed by atoms with Gasteiger partial charge in [-0.05, 0) is 50.6 Å². The molecule has 1 heterocycles. The van der Waals surface area contributed by atoms with E-state index >= 15 is 0 Å². The molecule has 0 aromatic heterocycles. The Morgan fingerprint density at radius 2 is 1.95 bits per heavy atom. The SMILES string of the molecule is CC1CCN(C(CNC(=O)C2(N)CC2)C(C)C)CC1. The number of piperidine rings is 1. The van der Waals surface area contributed by atoms with E-state index in [1.807, 2.05) is 0 Å². The van der Waals surface area contributed by atoms with Crippen LogP contribution in [0.3, 0.4) is 0 Å². The highest BCUT2D eigenvalue weighted by Crippen LogP contribution is 2.32. The van der Waals surface area contributed by atoms with E-state index in [2.05, 4.69) is 31.0 Å². The molecule has 0 aromatic carbocycles. The second-order valence-corrected chi connectivity index (χ2v) is 6.90. The number of carbonyl (C=O) groups is 1. The van der Waals surface area contributed by atoms with Gasteiger partial charge in [0.15, 0.2) is 0 Å². The van der Waals surface area contributed by atoms with Crippen molar-refractivity contribution in [2.75, 3.05) is 19.6 Å². The first-order valence-corrected chi connectivity index (χ1v) is 7.73. The lowest BCUT2D eigenvalue weighted by molar-refractivity contribution is -0.123. The molecule has 2 aliphatic rings. The number of hydrogen-bond donors (Lipinski definition) is 2. The molecule has 4 heteroatoms. The van der Waals surface area contributed by atoms with Gasteiger partial charge in [-0.2, -0.15) is 0 Å². The largest absolute Gasteiger partial charge is 0.353 e. The lowest BCUT2D eigenvalue weighted by Gasteiger charge is -2.39. The van der Waals surface area contributed by atoms with Gasteiger partial charge in [-0.3, -0.25) is 9.69 Å². The van der Waals surface area contributed by atoms with E-state index in [-0.39, 0.29) is 5.91 Å². The summed E-state index contributed by atoms with van der Waals surface area (Å²) in [5.41, 5.74) is 5.38. The lowest BCUT2D eigenvalue weighted by Crippen LogP contribution is -2.52. The maximum absolute atomic E-state index is 11.9. The molecule has 0 aromatic rings. The van der Waals surface area contributed by atoms with Crippen molar-refractivity contribution >= 4 is 5.91 Å².